The summed E-state index contributed by atoms with van der Waals surface area (Å²) in [4.78, 5) is 29.4. The number of unbranched alkanes of at least 4 members (excludes halogenated alkanes) is 1. The number of aliphatic hydroxyl groups excluding tert-OH is 1. The van der Waals surface area contributed by atoms with Gasteiger partial charge in [0.15, 0.2) is 5.84 Å². The molecule has 0 aromatic heterocycles. The van der Waals surface area contributed by atoms with Gasteiger partial charge in [-0.3, -0.25) is 14.7 Å². The van der Waals surface area contributed by atoms with Gasteiger partial charge in [0.2, 0.25) is 0 Å². The number of benzene rings is 1. The second kappa shape index (κ2) is 13.3. The van der Waals surface area contributed by atoms with Crippen molar-refractivity contribution in [3.05, 3.63) is 54.8 Å². The lowest BCUT2D eigenvalue weighted by molar-refractivity contribution is -0.137. The number of allylic oxidation sites excluding steroid dienone is 1. The van der Waals surface area contributed by atoms with Crippen LogP contribution in [-0.4, -0.2) is 77.8 Å². The zero-order valence-electron chi connectivity index (χ0n) is 21.7. The van der Waals surface area contributed by atoms with Gasteiger partial charge in [0, 0.05) is 57.2 Å². The smallest absolute Gasteiger partial charge is 0.303 e. The van der Waals surface area contributed by atoms with Crippen molar-refractivity contribution in [3.8, 4) is 0 Å². The van der Waals surface area contributed by atoms with Gasteiger partial charge in [0.25, 0.3) is 0 Å². The second-order valence-electron chi connectivity index (χ2n) is 9.41. The molecule has 3 unspecified atom stereocenters. The molecule has 0 spiro atoms. The Morgan fingerprint density at radius 2 is 1.83 bits per heavy atom. The van der Waals surface area contributed by atoms with Gasteiger partial charge in [-0.25, -0.2) is 9.98 Å². The molecular formula is C28H39N5O3. The summed E-state index contributed by atoms with van der Waals surface area (Å²) in [5.41, 5.74) is 3.52. The number of aliphatic imine (C=N–C) groups is 3. The first-order valence-corrected chi connectivity index (χ1v) is 12.8. The zero-order chi connectivity index (χ0) is 26.1. The van der Waals surface area contributed by atoms with Crippen LogP contribution in [0, 0.1) is 11.8 Å². The number of amidine groups is 1. The maximum atomic E-state index is 11.1. The van der Waals surface area contributed by atoms with Crippen LogP contribution >= 0.6 is 0 Å². The molecule has 0 aliphatic carbocycles. The summed E-state index contributed by atoms with van der Waals surface area (Å²) >= 11 is 0. The molecule has 0 bridgehead atoms. The normalized spacial score (nSPS) is 21.6. The van der Waals surface area contributed by atoms with Crippen molar-refractivity contribution in [2.45, 2.75) is 45.8 Å². The van der Waals surface area contributed by atoms with E-state index >= 15 is 0 Å². The number of carbonyl (C=O) groups is 1. The van der Waals surface area contributed by atoms with Crippen LogP contribution in [0.25, 0.3) is 0 Å². The minimum atomic E-state index is -0.790. The molecule has 1 fully saturated rings. The molecule has 8 nitrogen and oxygen atoms in total. The number of aliphatic carboxylic acids is 1. The van der Waals surface area contributed by atoms with E-state index in [1.165, 1.54) is 5.69 Å². The standard InChI is InChI=1S/C28H39N5O3/c1-5-20(2)26-23(13-9-10-14-25(34)35)30-24(27(29-4)31-26)19-21(3)28(36)33-17-15-32(16-18-33)22-11-7-6-8-12-22/h5-8,11-12,19-21,28,36H,1,9-10,13-18H2,2-4H3,(H,34,35)/b24-19+,29-27?. The van der Waals surface area contributed by atoms with E-state index < -0.39 is 12.2 Å². The fourth-order valence-corrected chi connectivity index (χ4v) is 4.54. The average molecular weight is 494 g/mol. The third-order valence-electron chi connectivity index (χ3n) is 6.76. The number of hydrogen-bond donors (Lipinski definition) is 2. The summed E-state index contributed by atoms with van der Waals surface area (Å²) in [6, 6.07) is 10.4. The molecule has 0 saturated carbocycles. The predicted octanol–water partition coefficient (Wildman–Crippen LogP) is 4.04. The number of carboxylic acids is 1. The molecule has 2 N–H and O–H groups in total. The first kappa shape index (κ1) is 27.5. The molecule has 2 aliphatic rings. The van der Waals surface area contributed by atoms with Crippen LogP contribution in [0.4, 0.5) is 5.69 Å². The third-order valence-corrected chi connectivity index (χ3v) is 6.76. The Morgan fingerprint density at radius 1 is 1.14 bits per heavy atom. The molecule has 0 radical (unpaired) electrons. The Bertz CT molecular complexity index is 1020. The van der Waals surface area contributed by atoms with Crippen LogP contribution in [0.15, 0.2) is 69.7 Å². The number of anilines is 1. The van der Waals surface area contributed by atoms with Crippen LogP contribution in [-0.2, 0) is 4.79 Å². The maximum absolute atomic E-state index is 11.1. The van der Waals surface area contributed by atoms with E-state index in [2.05, 4.69) is 33.5 Å². The lowest BCUT2D eigenvalue weighted by Crippen LogP contribution is -2.52. The molecule has 3 rings (SSSR count). The first-order valence-electron chi connectivity index (χ1n) is 12.8. The van der Waals surface area contributed by atoms with Gasteiger partial charge >= 0.3 is 5.97 Å². The van der Waals surface area contributed by atoms with E-state index in [-0.39, 0.29) is 18.3 Å². The Labute approximate surface area is 214 Å². The minimum Gasteiger partial charge on any atom is -0.481 e. The van der Waals surface area contributed by atoms with Crippen molar-refractivity contribution in [1.29, 1.82) is 0 Å². The first-order chi connectivity index (χ1) is 17.3. The summed E-state index contributed by atoms with van der Waals surface area (Å²) in [5, 5.41) is 20.1. The molecule has 194 valence electrons. The monoisotopic (exact) mass is 493 g/mol. The van der Waals surface area contributed by atoms with E-state index in [0.29, 0.717) is 30.8 Å². The number of rotatable bonds is 11. The SMILES string of the molecule is C=CC(C)C1=NC(=NC)/C(=C\C(C)C(O)N2CCN(c3ccccc3)CC2)N=C1CCCCC(=O)O. The van der Waals surface area contributed by atoms with Crippen LogP contribution in [0.3, 0.4) is 0 Å². The fraction of sp³-hybridized carbons (Fsp3) is 0.500. The highest BCUT2D eigenvalue weighted by atomic mass is 16.4. The van der Waals surface area contributed by atoms with E-state index in [0.717, 1.165) is 37.6 Å². The Hall–Kier alpha value is -3.10. The molecule has 1 aromatic rings. The van der Waals surface area contributed by atoms with Gasteiger partial charge in [-0.05, 0) is 37.5 Å². The van der Waals surface area contributed by atoms with Crippen LogP contribution in [0.1, 0.15) is 39.5 Å². The number of nitrogens with zero attached hydrogens (tertiary/aromatic N) is 5. The highest BCUT2D eigenvalue weighted by molar-refractivity contribution is 6.47. The van der Waals surface area contributed by atoms with Crippen molar-refractivity contribution >= 4 is 28.9 Å². The fourth-order valence-electron chi connectivity index (χ4n) is 4.54. The van der Waals surface area contributed by atoms with Crippen LogP contribution in [0.5, 0.6) is 0 Å². The molecule has 1 saturated heterocycles. The molecule has 8 heteroatoms. The van der Waals surface area contributed by atoms with E-state index in [1.807, 2.05) is 44.2 Å². The number of hydrogen-bond acceptors (Lipinski definition) is 6. The number of carboxylic acid groups (broad SMARTS) is 1. The molecule has 2 heterocycles. The molecule has 0 amide bonds. The van der Waals surface area contributed by atoms with Crippen molar-refractivity contribution in [2.24, 2.45) is 26.8 Å². The highest BCUT2D eigenvalue weighted by Gasteiger charge is 2.28. The van der Waals surface area contributed by atoms with Gasteiger partial charge in [-0.2, -0.15) is 0 Å². The number of piperazine rings is 1. The number of aliphatic hydroxyl groups is 1. The van der Waals surface area contributed by atoms with Gasteiger partial charge in [0.1, 0.15) is 11.9 Å². The predicted molar refractivity (Wildman–Crippen MR) is 147 cm³/mol. The Balaban J connectivity index is 1.71. The van der Waals surface area contributed by atoms with Crippen molar-refractivity contribution in [3.63, 3.8) is 0 Å². The quantitative estimate of drug-likeness (QED) is 0.358. The maximum Gasteiger partial charge on any atom is 0.303 e. The van der Waals surface area contributed by atoms with E-state index in [4.69, 9.17) is 15.1 Å². The second-order valence-corrected chi connectivity index (χ2v) is 9.41. The molecule has 2 aliphatic heterocycles. The lowest BCUT2D eigenvalue weighted by Gasteiger charge is -2.39. The zero-order valence-corrected chi connectivity index (χ0v) is 21.7. The van der Waals surface area contributed by atoms with Gasteiger partial charge in [-0.15, -0.1) is 6.58 Å². The largest absolute Gasteiger partial charge is 0.481 e. The average Bonchev–Trinajstić information content (AvgIpc) is 2.90. The summed E-state index contributed by atoms with van der Waals surface area (Å²) < 4.78 is 0. The topological polar surface area (TPSA) is 101 Å². The van der Waals surface area contributed by atoms with E-state index in [1.54, 1.807) is 7.05 Å². The molecule has 36 heavy (non-hydrogen) atoms. The summed E-state index contributed by atoms with van der Waals surface area (Å²) in [7, 11) is 1.69. The summed E-state index contributed by atoms with van der Waals surface area (Å²) in [6.07, 6.45) is 5.21. The minimum absolute atomic E-state index is 0.00504. The Morgan fingerprint density at radius 3 is 2.44 bits per heavy atom. The van der Waals surface area contributed by atoms with Gasteiger partial charge < -0.3 is 15.1 Å². The van der Waals surface area contributed by atoms with Crippen LogP contribution < -0.4 is 4.90 Å². The van der Waals surface area contributed by atoms with Crippen molar-refractivity contribution < 1.29 is 15.0 Å². The Kier molecular flexibility index (Phi) is 10.1. The molecule has 1 aromatic carbocycles. The summed E-state index contributed by atoms with van der Waals surface area (Å²) in [6.45, 7) is 11.2. The third kappa shape index (κ3) is 7.21. The van der Waals surface area contributed by atoms with Gasteiger partial charge in [-0.1, -0.05) is 38.1 Å². The molecular weight excluding hydrogens is 454 g/mol. The van der Waals surface area contributed by atoms with Crippen LogP contribution in [0.2, 0.25) is 0 Å². The van der Waals surface area contributed by atoms with Crippen molar-refractivity contribution in [1.82, 2.24) is 4.90 Å². The lowest BCUT2D eigenvalue weighted by atomic mass is 9.95. The highest BCUT2D eigenvalue weighted by Crippen LogP contribution is 2.23. The molecule has 3 atom stereocenters. The van der Waals surface area contributed by atoms with E-state index in [9.17, 15) is 9.90 Å². The van der Waals surface area contributed by atoms with Gasteiger partial charge in [0.05, 0.1) is 11.4 Å². The van der Waals surface area contributed by atoms with Crippen molar-refractivity contribution in [2.75, 3.05) is 38.1 Å². The number of para-hydroxylation sites is 1. The summed E-state index contributed by atoms with van der Waals surface area (Å²) in [5.74, 6) is -0.417.